The van der Waals surface area contributed by atoms with E-state index in [9.17, 15) is 14.4 Å². The van der Waals surface area contributed by atoms with Gasteiger partial charge in [-0.3, -0.25) is 14.4 Å². The Labute approximate surface area is 152 Å². The van der Waals surface area contributed by atoms with E-state index < -0.39 is 11.9 Å². The summed E-state index contributed by atoms with van der Waals surface area (Å²) < 4.78 is 4.75. The van der Waals surface area contributed by atoms with Gasteiger partial charge in [-0.2, -0.15) is 0 Å². The summed E-state index contributed by atoms with van der Waals surface area (Å²) in [7, 11) is 0. The SMILES string of the molecule is CCOC(=O)CC(=O)Nc1cccc(C(=O)N(CC)c2ccccc2)c1. The van der Waals surface area contributed by atoms with Gasteiger partial charge < -0.3 is 15.0 Å². The third-order valence-corrected chi connectivity index (χ3v) is 3.63. The highest BCUT2D eigenvalue weighted by Crippen LogP contribution is 2.19. The Morgan fingerprint density at radius 1 is 1.00 bits per heavy atom. The molecule has 2 aromatic rings. The molecule has 2 amide bonds. The molecule has 0 atom stereocenters. The van der Waals surface area contributed by atoms with Crippen molar-refractivity contribution in [1.29, 1.82) is 0 Å². The molecule has 0 fully saturated rings. The summed E-state index contributed by atoms with van der Waals surface area (Å²) >= 11 is 0. The zero-order valence-electron chi connectivity index (χ0n) is 14.9. The summed E-state index contributed by atoms with van der Waals surface area (Å²) in [6, 6.07) is 16.0. The van der Waals surface area contributed by atoms with E-state index in [1.165, 1.54) is 0 Å². The lowest BCUT2D eigenvalue weighted by Crippen LogP contribution is -2.30. The molecule has 0 bridgehead atoms. The normalized spacial score (nSPS) is 10.1. The molecule has 0 aliphatic heterocycles. The van der Waals surface area contributed by atoms with Crippen LogP contribution in [0.3, 0.4) is 0 Å². The number of rotatable bonds is 7. The summed E-state index contributed by atoms with van der Waals surface area (Å²) in [5.74, 6) is -1.23. The Morgan fingerprint density at radius 2 is 1.73 bits per heavy atom. The maximum atomic E-state index is 12.8. The van der Waals surface area contributed by atoms with Gasteiger partial charge in [0.2, 0.25) is 5.91 Å². The maximum Gasteiger partial charge on any atom is 0.315 e. The maximum absolute atomic E-state index is 12.8. The highest BCUT2D eigenvalue weighted by molar-refractivity contribution is 6.07. The minimum atomic E-state index is -0.585. The van der Waals surface area contributed by atoms with Gasteiger partial charge in [-0.05, 0) is 44.2 Å². The number of ether oxygens (including phenoxy) is 1. The van der Waals surface area contributed by atoms with Crippen molar-refractivity contribution in [3.05, 3.63) is 60.2 Å². The van der Waals surface area contributed by atoms with Crippen molar-refractivity contribution in [2.24, 2.45) is 0 Å². The van der Waals surface area contributed by atoms with Crippen LogP contribution in [0.25, 0.3) is 0 Å². The van der Waals surface area contributed by atoms with Crippen molar-refractivity contribution in [3.8, 4) is 0 Å². The number of carbonyl (C=O) groups is 3. The molecule has 0 radical (unpaired) electrons. The van der Waals surface area contributed by atoms with Crippen LogP contribution in [0.15, 0.2) is 54.6 Å². The Morgan fingerprint density at radius 3 is 2.38 bits per heavy atom. The van der Waals surface area contributed by atoms with Crippen LogP contribution in [0.1, 0.15) is 30.6 Å². The van der Waals surface area contributed by atoms with Gasteiger partial charge in [-0.15, -0.1) is 0 Å². The smallest absolute Gasteiger partial charge is 0.315 e. The minimum Gasteiger partial charge on any atom is -0.466 e. The van der Waals surface area contributed by atoms with Gasteiger partial charge in [-0.1, -0.05) is 24.3 Å². The van der Waals surface area contributed by atoms with Crippen molar-refractivity contribution in [1.82, 2.24) is 0 Å². The molecule has 0 aliphatic carbocycles. The fourth-order valence-electron chi connectivity index (χ4n) is 2.49. The molecule has 2 aromatic carbocycles. The van der Waals surface area contributed by atoms with Crippen LogP contribution in [0, 0.1) is 0 Å². The Balaban J connectivity index is 2.11. The number of nitrogens with zero attached hydrogens (tertiary/aromatic N) is 1. The molecule has 6 nitrogen and oxygen atoms in total. The molecule has 0 aromatic heterocycles. The topological polar surface area (TPSA) is 75.7 Å². The fraction of sp³-hybridized carbons (Fsp3) is 0.250. The molecule has 0 spiro atoms. The van der Waals surface area contributed by atoms with Crippen LogP contribution in [-0.4, -0.2) is 30.9 Å². The first-order chi connectivity index (χ1) is 12.5. The van der Waals surface area contributed by atoms with E-state index in [-0.39, 0.29) is 18.9 Å². The number of hydrogen-bond acceptors (Lipinski definition) is 4. The van der Waals surface area contributed by atoms with Crippen LogP contribution in [0.5, 0.6) is 0 Å². The lowest BCUT2D eigenvalue weighted by Gasteiger charge is -2.21. The molecular weight excluding hydrogens is 332 g/mol. The third-order valence-electron chi connectivity index (χ3n) is 3.63. The lowest BCUT2D eigenvalue weighted by atomic mass is 10.1. The number of carbonyl (C=O) groups excluding carboxylic acids is 3. The molecule has 1 N–H and O–H groups in total. The van der Waals surface area contributed by atoms with Crippen molar-refractivity contribution in [2.45, 2.75) is 20.3 Å². The van der Waals surface area contributed by atoms with Crippen molar-refractivity contribution >= 4 is 29.2 Å². The Bertz CT molecular complexity index is 774. The van der Waals surface area contributed by atoms with Gasteiger partial charge in [-0.25, -0.2) is 0 Å². The molecule has 0 saturated heterocycles. The Hall–Kier alpha value is -3.15. The summed E-state index contributed by atoms with van der Waals surface area (Å²) in [5.41, 5.74) is 1.70. The quantitative estimate of drug-likeness (QED) is 0.612. The molecule has 0 unspecified atom stereocenters. The van der Waals surface area contributed by atoms with E-state index in [4.69, 9.17) is 4.74 Å². The highest BCUT2D eigenvalue weighted by Gasteiger charge is 2.17. The van der Waals surface area contributed by atoms with E-state index in [0.29, 0.717) is 17.8 Å². The molecule has 26 heavy (non-hydrogen) atoms. The second-order valence-electron chi connectivity index (χ2n) is 5.50. The average Bonchev–Trinajstić information content (AvgIpc) is 2.63. The number of amides is 2. The summed E-state index contributed by atoms with van der Waals surface area (Å²) in [4.78, 5) is 37.7. The van der Waals surface area contributed by atoms with Gasteiger partial charge >= 0.3 is 5.97 Å². The van der Waals surface area contributed by atoms with Crippen molar-refractivity contribution < 1.29 is 19.1 Å². The monoisotopic (exact) mass is 354 g/mol. The second-order valence-corrected chi connectivity index (χ2v) is 5.50. The van der Waals surface area contributed by atoms with Crippen LogP contribution in [-0.2, 0) is 14.3 Å². The summed E-state index contributed by atoms with van der Waals surface area (Å²) in [5, 5.41) is 2.61. The predicted molar refractivity (Wildman–Crippen MR) is 100 cm³/mol. The highest BCUT2D eigenvalue weighted by atomic mass is 16.5. The first-order valence-electron chi connectivity index (χ1n) is 8.47. The van der Waals surface area contributed by atoms with E-state index in [1.54, 1.807) is 36.1 Å². The van der Waals surface area contributed by atoms with Crippen LogP contribution in [0.4, 0.5) is 11.4 Å². The second kappa shape index (κ2) is 9.36. The van der Waals surface area contributed by atoms with E-state index in [0.717, 1.165) is 5.69 Å². The fourth-order valence-corrected chi connectivity index (χ4v) is 2.49. The van der Waals surface area contributed by atoms with Gasteiger partial charge in [0.15, 0.2) is 0 Å². The van der Waals surface area contributed by atoms with Gasteiger partial charge in [0.05, 0.1) is 6.61 Å². The molecule has 0 saturated carbocycles. The van der Waals surface area contributed by atoms with Gasteiger partial charge in [0.1, 0.15) is 6.42 Å². The first kappa shape index (κ1) is 19.2. The molecule has 136 valence electrons. The number of para-hydroxylation sites is 1. The third kappa shape index (κ3) is 5.17. The largest absolute Gasteiger partial charge is 0.466 e. The molecule has 0 heterocycles. The average molecular weight is 354 g/mol. The number of hydrogen-bond donors (Lipinski definition) is 1. The zero-order chi connectivity index (χ0) is 18.9. The lowest BCUT2D eigenvalue weighted by molar-refractivity contribution is -0.145. The summed E-state index contributed by atoms with van der Waals surface area (Å²) in [6.07, 6.45) is -0.364. The zero-order valence-corrected chi connectivity index (χ0v) is 14.9. The first-order valence-corrected chi connectivity index (χ1v) is 8.47. The molecule has 2 rings (SSSR count). The number of benzene rings is 2. The van der Waals surface area contributed by atoms with E-state index in [1.807, 2.05) is 37.3 Å². The molecule has 0 aliphatic rings. The minimum absolute atomic E-state index is 0.166. The van der Waals surface area contributed by atoms with Gasteiger partial charge in [0, 0.05) is 23.5 Å². The van der Waals surface area contributed by atoms with Crippen molar-refractivity contribution in [2.75, 3.05) is 23.4 Å². The summed E-state index contributed by atoms with van der Waals surface area (Å²) in [6.45, 7) is 4.32. The number of nitrogens with one attached hydrogen (secondary N) is 1. The van der Waals surface area contributed by atoms with Crippen LogP contribution in [0.2, 0.25) is 0 Å². The van der Waals surface area contributed by atoms with Crippen LogP contribution >= 0.6 is 0 Å². The molecular formula is C20H22N2O4. The number of anilines is 2. The standard InChI is InChI=1S/C20H22N2O4/c1-3-22(17-11-6-5-7-12-17)20(25)15-9-8-10-16(13-15)21-18(23)14-19(24)26-4-2/h5-13H,3-4,14H2,1-2H3,(H,21,23). The Kier molecular flexibility index (Phi) is 6.91. The van der Waals surface area contributed by atoms with E-state index in [2.05, 4.69) is 5.32 Å². The van der Waals surface area contributed by atoms with Gasteiger partial charge in [0.25, 0.3) is 5.91 Å². The molecule has 6 heteroatoms. The number of esters is 1. The van der Waals surface area contributed by atoms with E-state index >= 15 is 0 Å². The van der Waals surface area contributed by atoms with Crippen molar-refractivity contribution in [3.63, 3.8) is 0 Å². The van der Waals surface area contributed by atoms with Crippen LogP contribution < -0.4 is 10.2 Å². The predicted octanol–water partition coefficient (Wildman–Crippen LogP) is 3.25.